The molecule has 2 aliphatic carbocycles. The van der Waals surface area contributed by atoms with Crippen molar-refractivity contribution in [2.24, 2.45) is 40.9 Å². The van der Waals surface area contributed by atoms with E-state index in [2.05, 4.69) is 10.3 Å². The van der Waals surface area contributed by atoms with E-state index >= 15 is 9.59 Å². The van der Waals surface area contributed by atoms with Gasteiger partial charge < -0.3 is 40.2 Å². The molecular formula is C41H44N2O9. The first-order chi connectivity index (χ1) is 24.7. The Morgan fingerprint density at radius 1 is 0.962 bits per heavy atom. The molecule has 6 N–H and O–H groups in total. The lowest BCUT2D eigenvalue weighted by Crippen LogP contribution is -2.61. The highest BCUT2D eigenvalue weighted by atomic mass is 16.6. The van der Waals surface area contributed by atoms with E-state index in [0.29, 0.717) is 24.0 Å². The number of Topliss-reactive ketones (excluding diaryl/α,β-unsaturated/α-hetero) is 2. The SMILES string of the molecule is CC1=CC(C)CC=CC2C3OC3(C)C(C)C3C(Cc4c[nH]c5ccccc45)NC(=O)C23C(=O)C2C3OC(c4c(O)c(O)c(O)c(C)c43)C2C(=O)C1O. The van der Waals surface area contributed by atoms with E-state index < -0.39 is 99.9 Å². The number of aromatic amines is 1. The summed E-state index contributed by atoms with van der Waals surface area (Å²) in [6, 6.07) is 7.49. The molecule has 272 valence electrons. The zero-order chi connectivity index (χ0) is 36.8. The van der Waals surface area contributed by atoms with Gasteiger partial charge in [-0.25, -0.2) is 0 Å². The Kier molecular flexibility index (Phi) is 7.09. The number of aromatic hydroxyl groups is 3. The summed E-state index contributed by atoms with van der Waals surface area (Å²) in [5, 5.41) is 48.5. The fourth-order valence-electron chi connectivity index (χ4n) is 11.1. The molecule has 1 spiro atoms. The maximum atomic E-state index is 16.0. The van der Waals surface area contributed by atoms with E-state index in [4.69, 9.17) is 9.47 Å². The minimum atomic E-state index is -1.68. The number of aliphatic hydroxyl groups excluding tert-OH is 1. The summed E-state index contributed by atoms with van der Waals surface area (Å²) in [4.78, 5) is 49.0. The molecule has 4 aliphatic heterocycles. The summed E-state index contributed by atoms with van der Waals surface area (Å²) < 4.78 is 13.0. The lowest BCUT2D eigenvalue weighted by Gasteiger charge is -2.48. The van der Waals surface area contributed by atoms with Gasteiger partial charge in [0, 0.05) is 46.1 Å². The van der Waals surface area contributed by atoms with Crippen molar-refractivity contribution >= 4 is 28.4 Å². The molecule has 1 aromatic heterocycles. The number of carbonyl (C=O) groups excluding carboxylic acids is 3. The summed E-state index contributed by atoms with van der Waals surface area (Å²) in [5.74, 6) is -7.59. The minimum absolute atomic E-state index is 0.0811. The van der Waals surface area contributed by atoms with Crippen molar-refractivity contribution in [1.29, 1.82) is 0 Å². The second-order valence-corrected chi connectivity index (χ2v) is 16.3. The molecule has 13 unspecified atom stereocenters. The van der Waals surface area contributed by atoms with Crippen LogP contribution in [0.1, 0.15) is 68.6 Å². The number of carbonyl (C=O) groups is 3. The average molecular weight is 709 g/mol. The predicted octanol–water partition coefficient (Wildman–Crippen LogP) is 4.76. The molecule has 1 saturated carbocycles. The number of nitrogens with one attached hydrogen (secondary N) is 2. The van der Waals surface area contributed by atoms with Gasteiger partial charge in [0.05, 0.1) is 35.7 Å². The van der Waals surface area contributed by atoms with Crippen molar-refractivity contribution < 1.29 is 44.3 Å². The molecule has 2 bridgehead atoms. The Bertz CT molecular complexity index is 2150. The number of aliphatic hydroxyl groups is 1. The average Bonchev–Trinajstić information content (AvgIpc) is 3.48. The fraction of sp³-hybridized carbons (Fsp3) is 0.488. The van der Waals surface area contributed by atoms with Crippen molar-refractivity contribution in [3.63, 3.8) is 0 Å². The molecule has 11 heteroatoms. The molecule has 52 heavy (non-hydrogen) atoms. The number of rotatable bonds is 2. The first-order valence-corrected chi connectivity index (χ1v) is 18.3. The zero-order valence-corrected chi connectivity index (χ0v) is 29.7. The zero-order valence-electron chi connectivity index (χ0n) is 29.7. The number of H-pyrrole nitrogens is 1. The second kappa shape index (κ2) is 11.0. The number of hydrogen-bond donors (Lipinski definition) is 6. The fourth-order valence-corrected chi connectivity index (χ4v) is 11.1. The van der Waals surface area contributed by atoms with Gasteiger partial charge in [-0.3, -0.25) is 14.4 Å². The first-order valence-electron chi connectivity index (χ1n) is 18.3. The number of phenolic OH excluding ortho intramolecular Hbond substituents is 3. The van der Waals surface area contributed by atoms with E-state index in [1.165, 1.54) is 0 Å². The molecule has 4 fully saturated rings. The number of ether oxygens (including phenoxy) is 2. The van der Waals surface area contributed by atoms with Crippen molar-refractivity contribution in [3.8, 4) is 17.2 Å². The van der Waals surface area contributed by atoms with E-state index in [9.17, 15) is 25.2 Å². The largest absolute Gasteiger partial charge is 0.504 e. The Hall–Kier alpha value is -4.45. The van der Waals surface area contributed by atoms with Gasteiger partial charge in [-0.15, -0.1) is 0 Å². The highest BCUT2D eigenvalue weighted by Crippen LogP contribution is 2.70. The highest BCUT2D eigenvalue weighted by molar-refractivity contribution is 6.12. The van der Waals surface area contributed by atoms with Crippen LogP contribution in [-0.4, -0.2) is 66.7 Å². The minimum Gasteiger partial charge on any atom is -0.504 e. The highest BCUT2D eigenvalue weighted by Gasteiger charge is 2.80. The van der Waals surface area contributed by atoms with E-state index in [1.807, 2.05) is 69.5 Å². The van der Waals surface area contributed by atoms with Crippen molar-refractivity contribution in [1.82, 2.24) is 10.3 Å². The van der Waals surface area contributed by atoms with Crippen molar-refractivity contribution in [2.75, 3.05) is 0 Å². The van der Waals surface area contributed by atoms with Crippen LogP contribution in [0.4, 0.5) is 0 Å². The molecule has 13 atom stereocenters. The van der Waals surface area contributed by atoms with E-state index in [1.54, 1.807) is 13.8 Å². The number of amides is 1. The van der Waals surface area contributed by atoms with Crippen molar-refractivity contribution in [2.45, 2.75) is 83.5 Å². The number of benzene rings is 2. The summed E-state index contributed by atoms with van der Waals surface area (Å²) in [5.41, 5.74) is 0.746. The Balaban J connectivity index is 1.26. The number of phenols is 3. The van der Waals surface area contributed by atoms with Crippen LogP contribution in [0.15, 0.2) is 54.3 Å². The first kappa shape index (κ1) is 33.4. The molecular weight excluding hydrogens is 664 g/mol. The molecule has 11 nitrogen and oxygen atoms in total. The predicted molar refractivity (Wildman–Crippen MR) is 188 cm³/mol. The molecule has 6 aliphatic rings. The summed E-state index contributed by atoms with van der Waals surface area (Å²) in [6.45, 7) is 9.30. The van der Waals surface area contributed by atoms with E-state index in [0.717, 1.165) is 16.5 Å². The normalized spacial score (nSPS) is 40.5. The lowest BCUT2D eigenvalue weighted by molar-refractivity contribution is -0.155. The second-order valence-electron chi connectivity index (χ2n) is 16.3. The van der Waals surface area contributed by atoms with Gasteiger partial charge in [0.2, 0.25) is 11.7 Å². The standard InChI is InChI=1S/C41H44N2O9/c1-16-9-8-11-22-38-40(5,52-38)19(4)29-24(14-20-15-42-23-12-7-6-10-21(20)23)43-39(50)41(22,29)37(49)28-27(32(46)30(44)17(2)13-16)36-26-25(35(28)51-36)18(3)31(45)34(48)33(26)47/h6-8,10-13,15-16,19,22,24,27-30,35-36,38,42,44-45,47-48H,9,14H2,1-5H3,(H,43,50). The van der Waals surface area contributed by atoms with Crippen LogP contribution in [0.25, 0.3) is 10.9 Å². The Labute approximate surface area is 300 Å². The number of allylic oxidation sites excluding steroid dienone is 2. The number of hydrogen-bond acceptors (Lipinski definition) is 9. The van der Waals surface area contributed by atoms with Crippen LogP contribution in [-0.2, 0) is 30.3 Å². The number of para-hydroxylation sites is 1. The number of aromatic nitrogens is 1. The maximum Gasteiger partial charge on any atom is 0.235 e. The van der Waals surface area contributed by atoms with Gasteiger partial charge in [-0.1, -0.05) is 50.3 Å². The number of ketones is 2. The Morgan fingerprint density at radius 2 is 1.69 bits per heavy atom. The van der Waals surface area contributed by atoms with Gasteiger partial charge >= 0.3 is 0 Å². The summed E-state index contributed by atoms with van der Waals surface area (Å²) in [7, 11) is 0. The van der Waals surface area contributed by atoms with E-state index in [-0.39, 0.29) is 23.0 Å². The van der Waals surface area contributed by atoms with Crippen LogP contribution in [0.5, 0.6) is 17.2 Å². The maximum absolute atomic E-state index is 16.0. The van der Waals surface area contributed by atoms with Crippen LogP contribution in [0, 0.1) is 47.8 Å². The Morgan fingerprint density at radius 3 is 2.46 bits per heavy atom. The smallest absolute Gasteiger partial charge is 0.235 e. The van der Waals surface area contributed by atoms with Crippen molar-refractivity contribution in [3.05, 3.63) is 76.5 Å². The summed E-state index contributed by atoms with van der Waals surface area (Å²) in [6.07, 6.45) is 4.37. The van der Waals surface area contributed by atoms with Gasteiger partial charge in [0.25, 0.3) is 0 Å². The molecule has 2 aromatic carbocycles. The molecule has 9 rings (SSSR count). The topological polar surface area (TPSA) is 182 Å². The third-order valence-electron chi connectivity index (χ3n) is 13.7. The summed E-state index contributed by atoms with van der Waals surface area (Å²) >= 11 is 0. The monoisotopic (exact) mass is 708 g/mol. The lowest BCUT2D eigenvalue weighted by atomic mass is 9.49. The van der Waals surface area contributed by atoms with Gasteiger partial charge in [-0.05, 0) is 68.2 Å². The quantitative estimate of drug-likeness (QED) is 0.0947. The molecule has 3 aromatic rings. The van der Waals surface area contributed by atoms with Crippen LogP contribution < -0.4 is 5.32 Å². The van der Waals surface area contributed by atoms with Gasteiger partial charge in [0.15, 0.2) is 23.1 Å². The van der Waals surface area contributed by atoms with Crippen LogP contribution in [0.3, 0.4) is 0 Å². The van der Waals surface area contributed by atoms with Crippen LogP contribution >= 0.6 is 0 Å². The third kappa shape index (κ3) is 4.10. The van der Waals surface area contributed by atoms with Gasteiger partial charge in [0.1, 0.15) is 11.5 Å². The molecule has 3 saturated heterocycles. The van der Waals surface area contributed by atoms with Gasteiger partial charge in [-0.2, -0.15) is 0 Å². The third-order valence-corrected chi connectivity index (χ3v) is 13.7. The molecule has 0 radical (unpaired) electrons. The number of fused-ring (bicyclic) bond motifs is 11. The molecule has 1 amide bonds. The number of epoxide rings is 1. The molecule has 5 heterocycles. The van der Waals surface area contributed by atoms with Crippen LogP contribution in [0.2, 0.25) is 0 Å².